The summed E-state index contributed by atoms with van der Waals surface area (Å²) in [6, 6.07) is 2.40. The molecule has 0 N–H and O–H groups in total. The van der Waals surface area contributed by atoms with Gasteiger partial charge in [-0.05, 0) is 39.7 Å². The topological polar surface area (TPSA) is 39.9 Å². The first kappa shape index (κ1) is 13.8. The average molecular weight is 294 g/mol. The molecule has 3 rings (SSSR count). The minimum atomic E-state index is -0.117. The molecule has 0 amide bonds. The second-order valence-electron chi connectivity index (χ2n) is 6.08. The fourth-order valence-electron chi connectivity index (χ4n) is 3.05. The van der Waals surface area contributed by atoms with Gasteiger partial charge in [0.1, 0.15) is 11.3 Å². The number of alkyl halides is 1. The zero-order valence-corrected chi connectivity index (χ0v) is 12.9. The van der Waals surface area contributed by atoms with Gasteiger partial charge in [0.15, 0.2) is 0 Å². The lowest BCUT2D eigenvalue weighted by molar-refractivity contribution is -0.0688. The maximum atomic E-state index is 6.34. The van der Waals surface area contributed by atoms with E-state index in [4.69, 9.17) is 16.3 Å². The zero-order valence-electron chi connectivity index (χ0n) is 12.1. The Labute approximate surface area is 124 Å². The van der Waals surface area contributed by atoms with E-state index in [0.717, 1.165) is 36.3 Å². The highest BCUT2D eigenvalue weighted by atomic mass is 35.5. The minimum Gasteiger partial charge on any atom is -0.375 e. The Bertz CT molecular complexity index is 621. The van der Waals surface area contributed by atoms with Crippen molar-refractivity contribution >= 4 is 22.6 Å². The molecular weight excluding hydrogens is 274 g/mol. The highest BCUT2D eigenvalue weighted by molar-refractivity contribution is 6.20. The minimum absolute atomic E-state index is 0.0979. The Morgan fingerprint density at radius 1 is 1.50 bits per heavy atom. The van der Waals surface area contributed by atoms with E-state index in [1.165, 1.54) is 0 Å². The van der Waals surface area contributed by atoms with Crippen molar-refractivity contribution in [3.05, 3.63) is 24.3 Å². The van der Waals surface area contributed by atoms with Gasteiger partial charge in [-0.25, -0.2) is 4.98 Å². The van der Waals surface area contributed by atoms with Crippen LogP contribution in [-0.4, -0.2) is 26.7 Å². The van der Waals surface area contributed by atoms with Crippen molar-refractivity contribution in [3.63, 3.8) is 0 Å². The highest BCUT2D eigenvalue weighted by Crippen LogP contribution is 2.37. The summed E-state index contributed by atoms with van der Waals surface area (Å²) < 4.78 is 8.12. The Kier molecular flexibility index (Phi) is 3.46. The molecule has 1 saturated heterocycles. The number of hydrogen-bond acceptors (Lipinski definition) is 3. The van der Waals surface area contributed by atoms with Crippen molar-refractivity contribution in [1.29, 1.82) is 0 Å². The Morgan fingerprint density at radius 3 is 3.00 bits per heavy atom. The second-order valence-corrected chi connectivity index (χ2v) is 6.73. The van der Waals surface area contributed by atoms with Gasteiger partial charge in [-0.15, -0.1) is 11.6 Å². The summed E-state index contributed by atoms with van der Waals surface area (Å²) in [5.74, 6) is 0.928. The second kappa shape index (κ2) is 5.01. The molecule has 108 valence electrons. The molecule has 2 aromatic rings. The number of nitrogens with zero attached hydrogens (tertiary/aromatic N) is 3. The van der Waals surface area contributed by atoms with Crippen LogP contribution >= 0.6 is 11.6 Å². The van der Waals surface area contributed by atoms with Crippen LogP contribution in [0.4, 0.5) is 0 Å². The van der Waals surface area contributed by atoms with E-state index in [1.54, 1.807) is 6.20 Å². The SMILES string of the molecule is CC(Cl)c1nc2cnccc2n1C1CCOC(C)(C)C1. The third kappa shape index (κ3) is 2.42. The summed E-state index contributed by atoms with van der Waals surface area (Å²) in [7, 11) is 0. The molecule has 3 heterocycles. The zero-order chi connectivity index (χ0) is 14.3. The normalized spacial score (nSPS) is 23.9. The Morgan fingerprint density at radius 2 is 2.30 bits per heavy atom. The monoisotopic (exact) mass is 293 g/mol. The van der Waals surface area contributed by atoms with Crippen LogP contribution in [0.5, 0.6) is 0 Å². The molecule has 0 saturated carbocycles. The van der Waals surface area contributed by atoms with Gasteiger partial charge in [0.05, 0.1) is 22.7 Å². The molecule has 0 aliphatic carbocycles. The van der Waals surface area contributed by atoms with Gasteiger partial charge >= 0.3 is 0 Å². The van der Waals surface area contributed by atoms with Crippen molar-refractivity contribution in [2.24, 2.45) is 0 Å². The summed E-state index contributed by atoms with van der Waals surface area (Å²) in [4.78, 5) is 8.82. The smallest absolute Gasteiger partial charge is 0.128 e. The van der Waals surface area contributed by atoms with Gasteiger partial charge in [0.2, 0.25) is 0 Å². The summed E-state index contributed by atoms with van der Waals surface area (Å²) in [6.07, 6.45) is 5.58. The lowest BCUT2D eigenvalue weighted by Crippen LogP contribution is -2.35. The maximum Gasteiger partial charge on any atom is 0.128 e. The van der Waals surface area contributed by atoms with Gasteiger partial charge in [-0.2, -0.15) is 0 Å². The van der Waals surface area contributed by atoms with E-state index in [1.807, 2.05) is 19.2 Å². The van der Waals surface area contributed by atoms with E-state index in [2.05, 4.69) is 28.4 Å². The molecule has 0 radical (unpaired) electrons. The summed E-state index contributed by atoms with van der Waals surface area (Å²) in [5.41, 5.74) is 1.93. The molecule has 0 aromatic carbocycles. The van der Waals surface area contributed by atoms with Crippen molar-refractivity contribution in [3.8, 4) is 0 Å². The third-order valence-corrected chi connectivity index (χ3v) is 4.11. The maximum absolute atomic E-state index is 6.34. The molecule has 0 bridgehead atoms. The summed E-state index contributed by atoms with van der Waals surface area (Å²) >= 11 is 6.34. The van der Waals surface area contributed by atoms with Gasteiger partial charge < -0.3 is 9.30 Å². The Hall–Kier alpha value is -1.13. The molecule has 2 atom stereocenters. The van der Waals surface area contributed by atoms with Crippen LogP contribution in [0.2, 0.25) is 0 Å². The first-order valence-corrected chi connectivity index (χ1v) is 7.51. The molecule has 2 aromatic heterocycles. The van der Waals surface area contributed by atoms with Crippen LogP contribution < -0.4 is 0 Å². The number of aromatic nitrogens is 3. The number of hydrogen-bond donors (Lipinski definition) is 0. The number of imidazole rings is 1. The molecule has 1 fully saturated rings. The van der Waals surface area contributed by atoms with Crippen LogP contribution in [0.1, 0.15) is 50.9 Å². The van der Waals surface area contributed by atoms with Gasteiger partial charge in [0, 0.05) is 18.8 Å². The first-order valence-electron chi connectivity index (χ1n) is 7.08. The van der Waals surface area contributed by atoms with E-state index in [-0.39, 0.29) is 11.0 Å². The van der Waals surface area contributed by atoms with Gasteiger partial charge in [-0.1, -0.05) is 0 Å². The number of fused-ring (bicyclic) bond motifs is 1. The fourth-order valence-corrected chi connectivity index (χ4v) is 3.21. The van der Waals surface area contributed by atoms with Crippen molar-refractivity contribution < 1.29 is 4.74 Å². The average Bonchev–Trinajstić information content (AvgIpc) is 2.77. The third-order valence-electron chi connectivity index (χ3n) is 3.91. The van der Waals surface area contributed by atoms with E-state index in [9.17, 15) is 0 Å². The molecule has 5 heteroatoms. The van der Waals surface area contributed by atoms with Crippen LogP contribution in [0.25, 0.3) is 11.0 Å². The van der Waals surface area contributed by atoms with E-state index < -0.39 is 0 Å². The number of ether oxygens (including phenoxy) is 1. The standard InChI is InChI=1S/C15H20ClN3O/c1-10(16)14-18-12-9-17-6-4-13(12)19(14)11-5-7-20-15(2,3)8-11/h4,6,9-11H,5,7-8H2,1-3H3. The number of pyridine rings is 1. The summed E-state index contributed by atoms with van der Waals surface area (Å²) in [6.45, 7) is 7.03. The van der Waals surface area contributed by atoms with Crippen molar-refractivity contribution in [2.75, 3.05) is 6.61 Å². The van der Waals surface area contributed by atoms with Crippen molar-refractivity contribution in [2.45, 2.75) is 50.6 Å². The Balaban J connectivity index is 2.11. The van der Waals surface area contributed by atoms with Gasteiger partial charge in [-0.3, -0.25) is 4.98 Å². The molecular formula is C15H20ClN3O. The molecule has 20 heavy (non-hydrogen) atoms. The van der Waals surface area contributed by atoms with Crippen LogP contribution in [0.3, 0.4) is 0 Å². The molecule has 4 nitrogen and oxygen atoms in total. The quantitative estimate of drug-likeness (QED) is 0.789. The first-order chi connectivity index (χ1) is 9.48. The van der Waals surface area contributed by atoms with Crippen LogP contribution in [0.15, 0.2) is 18.5 Å². The van der Waals surface area contributed by atoms with Crippen LogP contribution in [0, 0.1) is 0 Å². The number of rotatable bonds is 2. The molecule has 2 unspecified atom stereocenters. The lowest BCUT2D eigenvalue weighted by atomic mass is 9.93. The number of halogens is 1. The molecule has 1 aliphatic rings. The largest absolute Gasteiger partial charge is 0.375 e. The van der Waals surface area contributed by atoms with E-state index in [0.29, 0.717) is 6.04 Å². The lowest BCUT2D eigenvalue weighted by Gasteiger charge is -2.37. The predicted octanol–water partition coefficient (Wildman–Crippen LogP) is 3.86. The fraction of sp³-hybridized carbons (Fsp3) is 0.600. The summed E-state index contributed by atoms with van der Waals surface area (Å²) in [5, 5.41) is -0.117. The van der Waals surface area contributed by atoms with Gasteiger partial charge in [0.25, 0.3) is 0 Å². The van der Waals surface area contributed by atoms with E-state index >= 15 is 0 Å². The van der Waals surface area contributed by atoms with Crippen LogP contribution in [-0.2, 0) is 4.74 Å². The molecule has 0 spiro atoms. The molecule has 1 aliphatic heterocycles. The highest BCUT2D eigenvalue weighted by Gasteiger charge is 2.32. The predicted molar refractivity (Wildman–Crippen MR) is 80.1 cm³/mol. The van der Waals surface area contributed by atoms with Crippen molar-refractivity contribution in [1.82, 2.24) is 14.5 Å².